The van der Waals surface area contributed by atoms with Gasteiger partial charge in [0.15, 0.2) is 0 Å². The second-order valence-corrected chi connectivity index (χ2v) is 3.65. The first-order valence-electron chi connectivity index (χ1n) is 4.19. The molecule has 0 saturated carbocycles. The molecule has 2 rings (SSSR count). The zero-order valence-electron chi connectivity index (χ0n) is 6.98. The Labute approximate surface area is 86.5 Å². The van der Waals surface area contributed by atoms with Crippen molar-refractivity contribution < 1.29 is 0 Å². The molecule has 1 aromatic rings. The first kappa shape index (κ1) is 9.19. The van der Waals surface area contributed by atoms with Crippen molar-refractivity contribution in [2.75, 3.05) is 13.1 Å². The van der Waals surface area contributed by atoms with Gasteiger partial charge >= 0.3 is 0 Å². The van der Waals surface area contributed by atoms with Gasteiger partial charge in [-0.15, -0.1) is 0 Å². The fourth-order valence-corrected chi connectivity index (χ4v) is 1.98. The highest BCUT2D eigenvalue weighted by atomic mass is 35.5. The summed E-state index contributed by atoms with van der Waals surface area (Å²) < 4.78 is 0. The van der Waals surface area contributed by atoms with Crippen molar-refractivity contribution in [3.8, 4) is 0 Å². The molecule has 1 aliphatic rings. The maximum atomic E-state index is 5.96. The average molecular weight is 218 g/mol. The molecule has 0 fully saturated rings. The minimum atomic E-state index is 0.241. The number of rotatable bonds is 0. The lowest BCUT2D eigenvalue weighted by Crippen LogP contribution is -2.16. The number of halogens is 2. The third-order valence-electron chi connectivity index (χ3n) is 2.11. The molecular formula is C8H9Cl2N3. The molecule has 0 atom stereocenters. The van der Waals surface area contributed by atoms with Crippen LogP contribution in [0.1, 0.15) is 11.3 Å². The monoisotopic (exact) mass is 217 g/mol. The highest BCUT2D eigenvalue weighted by Crippen LogP contribution is 2.20. The summed E-state index contributed by atoms with van der Waals surface area (Å²) in [5.74, 6) is 0. The van der Waals surface area contributed by atoms with E-state index in [9.17, 15) is 0 Å². The van der Waals surface area contributed by atoms with E-state index in [1.54, 1.807) is 0 Å². The van der Waals surface area contributed by atoms with E-state index in [0.717, 1.165) is 37.2 Å². The van der Waals surface area contributed by atoms with Gasteiger partial charge in [0.05, 0.1) is 5.69 Å². The van der Waals surface area contributed by atoms with Gasteiger partial charge in [0.2, 0.25) is 5.28 Å². The zero-order chi connectivity index (χ0) is 9.26. The van der Waals surface area contributed by atoms with Crippen LogP contribution in [0, 0.1) is 0 Å². The van der Waals surface area contributed by atoms with Crippen molar-refractivity contribution in [2.24, 2.45) is 0 Å². The SMILES string of the molecule is Clc1nc(Cl)c2c(n1)CCNCC2. The van der Waals surface area contributed by atoms with Gasteiger partial charge in [-0.2, -0.15) is 0 Å². The molecule has 0 aromatic carbocycles. The Balaban J connectivity index is 2.47. The van der Waals surface area contributed by atoms with Crippen molar-refractivity contribution in [1.29, 1.82) is 0 Å². The number of hydrogen-bond acceptors (Lipinski definition) is 3. The second-order valence-electron chi connectivity index (χ2n) is 2.96. The van der Waals surface area contributed by atoms with Crippen LogP contribution >= 0.6 is 23.2 Å². The van der Waals surface area contributed by atoms with E-state index in [-0.39, 0.29) is 5.28 Å². The van der Waals surface area contributed by atoms with Gasteiger partial charge in [-0.1, -0.05) is 11.6 Å². The topological polar surface area (TPSA) is 37.8 Å². The molecule has 70 valence electrons. The summed E-state index contributed by atoms with van der Waals surface area (Å²) in [5, 5.41) is 4.01. The molecule has 5 heteroatoms. The highest BCUT2D eigenvalue weighted by Gasteiger charge is 2.14. The number of aromatic nitrogens is 2. The standard InChI is InChI=1S/C8H9Cl2N3/c9-7-5-1-3-11-4-2-6(5)12-8(10)13-7/h11H,1-4H2. The average Bonchev–Trinajstić information content (AvgIpc) is 2.28. The highest BCUT2D eigenvalue weighted by molar-refractivity contribution is 6.32. The summed E-state index contributed by atoms with van der Waals surface area (Å²) in [6.07, 6.45) is 1.75. The summed E-state index contributed by atoms with van der Waals surface area (Å²) in [6.45, 7) is 1.86. The predicted octanol–water partition coefficient (Wildman–Crippen LogP) is 1.47. The first-order chi connectivity index (χ1) is 6.27. The van der Waals surface area contributed by atoms with Crippen LogP contribution in [0.15, 0.2) is 0 Å². The number of fused-ring (bicyclic) bond motifs is 1. The normalized spacial score (nSPS) is 16.5. The van der Waals surface area contributed by atoms with Gasteiger partial charge in [-0.05, 0) is 24.6 Å². The summed E-state index contributed by atoms with van der Waals surface area (Å²) in [4.78, 5) is 8.08. The molecule has 0 unspecified atom stereocenters. The van der Waals surface area contributed by atoms with Crippen molar-refractivity contribution in [1.82, 2.24) is 15.3 Å². The van der Waals surface area contributed by atoms with Crippen LogP contribution in [0.4, 0.5) is 0 Å². The Kier molecular flexibility index (Phi) is 2.67. The zero-order valence-corrected chi connectivity index (χ0v) is 8.49. The number of nitrogens with zero attached hydrogens (tertiary/aromatic N) is 2. The van der Waals surface area contributed by atoms with Gasteiger partial charge < -0.3 is 5.32 Å². The van der Waals surface area contributed by atoms with E-state index < -0.39 is 0 Å². The van der Waals surface area contributed by atoms with Crippen LogP contribution in [0.3, 0.4) is 0 Å². The van der Waals surface area contributed by atoms with Gasteiger partial charge in [0.25, 0.3) is 0 Å². The summed E-state index contributed by atoms with van der Waals surface area (Å²) in [5.41, 5.74) is 2.02. The maximum Gasteiger partial charge on any atom is 0.224 e. The Morgan fingerprint density at radius 1 is 1.08 bits per heavy atom. The fraction of sp³-hybridized carbons (Fsp3) is 0.500. The second kappa shape index (κ2) is 3.78. The summed E-state index contributed by atoms with van der Waals surface area (Å²) in [6, 6.07) is 0. The molecule has 1 aromatic heterocycles. The van der Waals surface area contributed by atoms with E-state index in [0.29, 0.717) is 5.15 Å². The fourth-order valence-electron chi connectivity index (χ4n) is 1.47. The largest absolute Gasteiger partial charge is 0.316 e. The molecule has 2 heterocycles. The van der Waals surface area contributed by atoms with Gasteiger partial charge in [0.1, 0.15) is 5.15 Å². The molecule has 0 amide bonds. The van der Waals surface area contributed by atoms with Crippen molar-refractivity contribution in [3.05, 3.63) is 21.7 Å². The Morgan fingerprint density at radius 3 is 2.69 bits per heavy atom. The first-order valence-corrected chi connectivity index (χ1v) is 4.94. The Bertz CT molecular complexity index is 327. The molecule has 0 bridgehead atoms. The molecule has 0 spiro atoms. The summed E-state index contributed by atoms with van der Waals surface area (Å²) >= 11 is 11.7. The third-order valence-corrected chi connectivity index (χ3v) is 2.59. The third kappa shape index (κ3) is 1.93. The molecule has 1 aliphatic heterocycles. The van der Waals surface area contributed by atoms with Crippen molar-refractivity contribution >= 4 is 23.2 Å². The van der Waals surface area contributed by atoms with Gasteiger partial charge in [0, 0.05) is 18.5 Å². The molecular weight excluding hydrogens is 209 g/mol. The molecule has 0 aliphatic carbocycles. The molecule has 3 nitrogen and oxygen atoms in total. The minimum Gasteiger partial charge on any atom is -0.316 e. The van der Waals surface area contributed by atoms with Gasteiger partial charge in [-0.3, -0.25) is 0 Å². The number of hydrogen-bond donors (Lipinski definition) is 1. The Hall–Kier alpha value is -0.380. The van der Waals surface area contributed by atoms with Crippen LogP contribution in [0.5, 0.6) is 0 Å². The summed E-state index contributed by atoms with van der Waals surface area (Å²) in [7, 11) is 0. The van der Waals surface area contributed by atoms with Crippen LogP contribution in [-0.4, -0.2) is 23.1 Å². The van der Waals surface area contributed by atoms with E-state index in [1.165, 1.54) is 0 Å². The van der Waals surface area contributed by atoms with Crippen LogP contribution in [-0.2, 0) is 12.8 Å². The predicted molar refractivity (Wildman–Crippen MR) is 52.3 cm³/mol. The van der Waals surface area contributed by atoms with Crippen molar-refractivity contribution in [2.45, 2.75) is 12.8 Å². The van der Waals surface area contributed by atoms with Crippen LogP contribution in [0.25, 0.3) is 0 Å². The van der Waals surface area contributed by atoms with Crippen LogP contribution in [0.2, 0.25) is 10.4 Å². The molecule has 0 radical (unpaired) electrons. The minimum absolute atomic E-state index is 0.241. The lowest BCUT2D eigenvalue weighted by molar-refractivity contribution is 0.708. The number of nitrogens with one attached hydrogen (secondary N) is 1. The van der Waals surface area contributed by atoms with Crippen LogP contribution < -0.4 is 5.32 Å². The van der Waals surface area contributed by atoms with E-state index >= 15 is 0 Å². The van der Waals surface area contributed by atoms with E-state index in [2.05, 4.69) is 15.3 Å². The smallest absolute Gasteiger partial charge is 0.224 e. The van der Waals surface area contributed by atoms with Crippen molar-refractivity contribution in [3.63, 3.8) is 0 Å². The lowest BCUT2D eigenvalue weighted by Gasteiger charge is -2.05. The quantitative estimate of drug-likeness (QED) is 0.529. The maximum absolute atomic E-state index is 5.96. The van der Waals surface area contributed by atoms with E-state index in [1.807, 2.05) is 0 Å². The van der Waals surface area contributed by atoms with Gasteiger partial charge in [-0.25, -0.2) is 9.97 Å². The molecule has 0 saturated heterocycles. The Morgan fingerprint density at radius 2 is 1.85 bits per heavy atom. The molecule has 1 N–H and O–H groups in total. The molecule has 13 heavy (non-hydrogen) atoms. The van der Waals surface area contributed by atoms with E-state index in [4.69, 9.17) is 23.2 Å². The lowest BCUT2D eigenvalue weighted by atomic mass is 10.1.